The fourth-order valence-corrected chi connectivity index (χ4v) is 3.07. The van der Waals surface area contributed by atoms with Crippen LogP contribution in [-0.4, -0.2) is 56.9 Å². The van der Waals surface area contributed by atoms with Gasteiger partial charge in [0.2, 0.25) is 0 Å². The van der Waals surface area contributed by atoms with Gasteiger partial charge in [0.15, 0.2) is 12.4 Å². The van der Waals surface area contributed by atoms with Crippen molar-refractivity contribution >= 4 is 11.9 Å². The first-order valence-corrected chi connectivity index (χ1v) is 9.35. The van der Waals surface area contributed by atoms with E-state index in [0.717, 1.165) is 0 Å². The van der Waals surface area contributed by atoms with Gasteiger partial charge in [0.1, 0.15) is 25.4 Å². The molecule has 0 saturated carbocycles. The van der Waals surface area contributed by atoms with E-state index in [-0.39, 0.29) is 13.2 Å². The molecule has 0 amide bonds. The first-order valence-electron chi connectivity index (χ1n) is 9.35. The van der Waals surface area contributed by atoms with Crippen LogP contribution < -0.4 is 0 Å². The molecule has 0 radical (unpaired) electrons. The fraction of sp³-hybridized carbons (Fsp3) is 0.304. The molecule has 1 aliphatic rings. The Morgan fingerprint density at radius 2 is 1.57 bits per heavy atom. The molecule has 0 aliphatic carbocycles. The summed E-state index contributed by atoms with van der Waals surface area (Å²) >= 11 is 0. The summed E-state index contributed by atoms with van der Waals surface area (Å²) in [6, 6.07) is 17.1. The van der Waals surface area contributed by atoms with Crippen LogP contribution >= 0.6 is 0 Å². The highest BCUT2D eigenvalue weighted by Crippen LogP contribution is 2.28. The smallest absolute Gasteiger partial charge is 0.338 e. The van der Waals surface area contributed by atoms with E-state index in [4.69, 9.17) is 30.1 Å². The van der Waals surface area contributed by atoms with Crippen LogP contribution in [0.4, 0.5) is 0 Å². The van der Waals surface area contributed by atoms with Crippen LogP contribution in [0.3, 0.4) is 0 Å². The number of hydrogen-bond donors (Lipinski definition) is 0. The Hall–Kier alpha value is -3.18. The van der Waals surface area contributed by atoms with Gasteiger partial charge in [-0.2, -0.15) is 0 Å². The van der Waals surface area contributed by atoms with E-state index in [1.54, 1.807) is 60.7 Å². The molecule has 30 heavy (non-hydrogen) atoms. The molecule has 0 unspecified atom stereocenters. The molecular weight excluding hydrogens is 388 g/mol. The Labute approximate surface area is 174 Å². The molecule has 7 nitrogen and oxygen atoms in total. The lowest BCUT2D eigenvalue weighted by molar-refractivity contribution is -0.155. The van der Waals surface area contributed by atoms with E-state index in [1.165, 1.54) is 7.11 Å². The summed E-state index contributed by atoms with van der Waals surface area (Å²) in [5.41, 5.74) is 0.786. The van der Waals surface area contributed by atoms with Crippen LogP contribution in [0, 0.1) is 12.3 Å². The molecule has 0 N–H and O–H groups in total. The number of carbonyl (C=O) groups is 2. The van der Waals surface area contributed by atoms with Crippen LogP contribution in [0.15, 0.2) is 60.7 Å². The number of benzene rings is 2. The second kappa shape index (κ2) is 10.6. The van der Waals surface area contributed by atoms with Crippen molar-refractivity contribution in [3.8, 4) is 12.3 Å². The maximum absolute atomic E-state index is 12.5. The Morgan fingerprint density at radius 3 is 2.13 bits per heavy atom. The Morgan fingerprint density at radius 1 is 0.967 bits per heavy atom. The van der Waals surface area contributed by atoms with Crippen molar-refractivity contribution in [3.05, 3.63) is 71.8 Å². The molecule has 1 saturated heterocycles. The molecule has 4 atom stereocenters. The van der Waals surface area contributed by atoms with Gasteiger partial charge in [0.05, 0.1) is 11.1 Å². The van der Waals surface area contributed by atoms with Gasteiger partial charge >= 0.3 is 11.9 Å². The molecule has 1 fully saturated rings. The van der Waals surface area contributed by atoms with Gasteiger partial charge in [-0.3, -0.25) is 0 Å². The lowest BCUT2D eigenvalue weighted by Crippen LogP contribution is -2.41. The molecule has 0 spiro atoms. The summed E-state index contributed by atoms with van der Waals surface area (Å²) in [6.45, 7) is -0.158. The predicted molar refractivity (Wildman–Crippen MR) is 107 cm³/mol. The maximum Gasteiger partial charge on any atom is 0.338 e. The minimum Gasteiger partial charge on any atom is -0.459 e. The highest BCUT2D eigenvalue weighted by Gasteiger charge is 2.49. The number of rotatable bonds is 8. The van der Waals surface area contributed by atoms with Gasteiger partial charge in [-0.1, -0.05) is 42.3 Å². The second-order valence-corrected chi connectivity index (χ2v) is 6.46. The number of methoxy groups -OCH3 is 1. The van der Waals surface area contributed by atoms with Crippen LogP contribution in [0.25, 0.3) is 0 Å². The van der Waals surface area contributed by atoms with Gasteiger partial charge in [-0.25, -0.2) is 9.59 Å². The standard InChI is InChI=1S/C23H22O7/c1-3-14-27-19-18(15-28-21(24)16-10-6-4-7-11-16)29-23(26-2)20(19)30-22(25)17-12-8-5-9-13-17/h1,4-13,18-20,23H,14-15H2,2H3/t18-,19-,20-,23-/m1/s1. The predicted octanol–water partition coefficient (Wildman–Crippen LogP) is 2.46. The van der Waals surface area contributed by atoms with Crippen LogP contribution in [0.2, 0.25) is 0 Å². The summed E-state index contributed by atoms with van der Waals surface area (Å²) in [6.07, 6.45) is 2.01. The third-order valence-electron chi connectivity index (χ3n) is 4.50. The van der Waals surface area contributed by atoms with Crippen molar-refractivity contribution < 1.29 is 33.3 Å². The summed E-state index contributed by atoms with van der Waals surface area (Å²) in [5.74, 6) is 1.32. The molecule has 0 bridgehead atoms. The zero-order valence-electron chi connectivity index (χ0n) is 16.4. The Balaban J connectivity index is 1.70. The highest BCUT2D eigenvalue weighted by molar-refractivity contribution is 5.89. The van der Waals surface area contributed by atoms with Crippen molar-refractivity contribution in [1.29, 1.82) is 0 Å². The summed E-state index contributed by atoms with van der Waals surface area (Å²) < 4.78 is 27.8. The van der Waals surface area contributed by atoms with Crippen molar-refractivity contribution in [3.63, 3.8) is 0 Å². The normalized spacial score (nSPS) is 22.8. The highest BCUT2D eigenvalue weighted by atomic mass is 16.7. The number of esters is 2. The quantitative estimate of drug-likeness (QED) is 0.489. The number of hydrogen-bond acceptors (Lipinski definition) is 7. The molecule has 7 heteroatoms. The number of terminal acetylenes is 1. The number of ether oxygens (including phenoxy) is 5. The summed E-state index contributed by atoms with van der Waals surface area (Å²) in [5, 5.41) is 0. The molecule has 3 rings (SSSR count). The molecule has 0 aromatic heterocycles. The minimum absolute atomic E-state index is 0.0347. The fourth-order valence-electron chi connectivity index (χ4n) is 3.07. The zero-order valence-corrected chi connectivity index (χ0v) is 16.4. The summed E-state index contributed by atoms with van der Waals surface area (Å²) in [4.78, 5) is 24.8. The van der Waals surface area contributed by atoms with Crippen LogP contribution in [-0.2, 0) is 23.7 Å². The van der Waals surface area contributed by atoms with Crippen molar-refractivity contribution in [2.45, 2.75) is 24.6 Å². The third-order valence-corrected chi connectivity index (χ3v) is 4.50. The lowest BCUT2D eigenvalue weighted by Gasteiger charge is -2.23. The van der Waals surface area contributed by atoms with Gasteiger partial charge in [-0.15, -0.1) is 6.42 Å². The van der Waals surface area contributed by atoms with Crippen LogP contribution in [0.5, 0.6) is 0 Å². The van der Waals surface area contributed by atoms with E-state index < -0.39 is 36.5 Å². The van der Waals surface area contributed by atoms with E-state index in [0.29, 0.717) is 11.1 Å². The van der Waals surface area contributed by atoms with Crippen molar-refractivity contribution in [1.82, 2.24) is 0 Å². The van der Waals surface area contributed by atoms with Crippen molar-refractivity contribution in [2.24, 2.45) is 0 Å². The van der Waals surface area contributed by atoms with Gasteiger partial charge in [-0.05, 0) is 24.3 Å². The van der Waals surface area contributed by atoms with E-state index in [2.05, 4.69) is 5.92 Å². The average molecular weight is 410 g/mol. The first kappa shape index (κ1) is 21.5. The Kier molecular flexibility index (Phi) is 7.57. The topological polar surface area (TPSA) is 80.3 Å². The van der Waals surface area contributed by atoms with E-state index in [9.17, 15) is 9.59 Å². The molecule has 2 aromatic rings. The zero-order chi connectivity index (χ0) is 21.3. The van der Waals surface area contributed by atoms with Gasteiger partial charge in [0.25, 0.3) is 0 Å². The van der Waals surface area contributed by atoms with Gasteiger partial charge in [0, 0.05) is 7.11 Å². The van der Waals surface area contributed by atoms with Gasteiger partial charge < -0.3 is 23.7 Å². The lowest BCUT2D eigenvalue weighted by atomic mass is 10.1. The largest absolute Gasteiger partial charge is 0.459 e. The third kappa shape index (κ3) is 5.24. The second-order valence-electron chi connectivity index (χ2n) is 6.46. The van der Waals surface area contributed by atoms with E-state index >= 15 is 0 Å². The monoisotopic (exact) mass is 410 g/mol. The molecule has 2 aromatic carbocycles. The molecule has 156 valence electrons. The maximum atomic E-state index is 12.5. The van der Waals surface area contributed by atoms with E-state index in [1.807, 2.05) is 0 Å². The average Bonchev–Trinajstić information content (AvgIpc) is 3.13. The minimum atomic E-state index is -0.902. The number of carbonyl (C=O) groups excluding carboxylic acids is 2. The summed E-state index contributed by atoms with van der Waals surface area (Å²) in [7, 11) is 1.42. The Bertz CT molecular complexity index is 875. The van der Waals surface area contributed by atoms with Crippen LogP contribution in [0.1, 0.15) is 20.7 Å². The first-order chi connectivity index (χ1) is 14.6. The molecule has 1 aliphatic heterocycles. The SMILES string of the molecule is C#CCO[C@H]1[C@@H](OC(=O)c2ccccc2)[C@H](OC)O[C@@H]1COC(=O)c1ccccc1. The molecular formula is C23H22O7. The molecule has 1 heterocycles. The van der Waals surface area contributed by atoms with Crippen molar-refractivity contribution in [2.75, 3.05) is 20.3 Å².